The van der Waals surface area contributed by atoms with Crippen LogP contribution in [-0.4, -0.2) is 55.9 Å². The number of nitrogens with zero attached hydrogens (tertiary/aromatic N) is 3. The van der Waals surface area contributed by atoms with Crippen molar-refractivity contribution in [3.63, 3.8) is 0 Å². The van der Waals surface area contributed by atoms with E-state index in [-0.39, 0.29) is 5.95 Å². The first-order valence-corrected chi connectivity index (χ1v) is 5.98. The van der Waals surface area contributed by atoms with Gasteiger partial charge in [-0.3, -0.25) is 0 Å². The lowest BCUT2D eigenvalue weighted by Gasteiger charge is -2.28. The van der Waals surface area contributed by atoms with Crippen LogP contribution in [0.2, 0.25) is 0 Å². The Bertz CT molecular complexity index is 374. The Balaban J connectivity index is 2.97. The summed E-state index contributed by atoms with van der Waals surface area (Å²) < 4.78 is 0. The van der Waals surface area contributed by atoms with Gasteiger partial charge in [0.15, 0.2) is 0 Å². The smallest absolute Gasteiger partial charge is 0.243 e. The zero-order valence-electron chi connectivity index (χ0n) is 10.7. The van der Waals surface area contributed by atoms with Gasteiger partial charge < -0.3 is 20.6 Å². The van der Waals surface area contributed by atoms with Gasteiger partial charge in [-0.1, -0.05) is 13.8 Å². The summed E-state index contributed by atoms with van der Waals surface area (Å²) in [6, 6.07) is 0. The molecule has 0 fully saturated rings. The quantitative estimate of drug-likeness (QED) is 0.501. The molecular weight excluding hydrogens is 236 g/mol. The van der Waals surface area contributed by atoms with Crippen LogP contribution in [0.4, 0.5) is 5.95 Å². The maximum atomic E-state index is 9.21. The number of aliphatic hydroxyl groups excluding tert-OH is 3. The van der Waals surface area contributed by atoms with Crippen molar-refractivity contribution in [3.8, 4) is 0 Å². The van der Waals surface area contributed by atoms with Crippen LogP contribution in [0.5, 0.6) is 0 Å². The summed E-state index contributed by atoms with van der Waals surface area (Å²) in [6.45, 7) is 2.64. The Labute approximate surface area is 106 Å². The van der Waals surface area contributed by atoms with Crippen molar-refractivity contribution in [2.45, 2.75) is 32.2 Å². The van der Waals surface area contributed by atoms with E-state index in [1.807, 2.05) is 13.8 Å². The second-order valence-corrected chi connectivity index (χ2v) is 4.12. The zero-order valence-corrected chi connectivity index (χ0v) is 10.7. The molecule has 0 aromatic carbocycles. The first-order valence-electron chi connectivity index (χ1n) is 5.98. The summed E-state index contributed by atoms with van der Waals surface area (Å²) in [5.41, 5.74) is 0.406. The molecule has 4 N–H and O–H groups in total. The highest BCUT2D eigenvalue weighted by molar-refractivity contribution is 5.30. The Morgan fingerprint density at radius 2 is 1.50 bits per heavy atom. The van der Waals surface area contributed by atoms with E-state index in [1.54, 1.807) is 0 Å². The van der Waals surface area contributed by atoms with Crippen LogP contribution in [0.15, 0.2) is 0 Å². The van der Waals surface area contributed by atoms with Crippen LogP contribution in [0.25, 0.3) is 0 Å². The predicted molar refractivity (Wildman–Crippen MR) is 66.2 cm³/mol. The number of hydrogen-bond donors (Lipinski definition) is 4. The zero-order chi connectivity index (χ0) is 13.6. The van der Waals surface area contributed by atoms with Gasteiger partial charge in [-0.15, -0.1) is 5.10 Å². The highest BCUT2D eigenvalue weighted by Crippen LogP contribution is 2.12. The van der Waals surface area contributed by atoms with E-state index < -0.39 is 25.4 Å². The van der Waals surface area contributed by atoms with Crippen molar-refractivity contribution in [1.82, 2.24) is 15.2 Å². The van der Waals surface area contributed by atoms with Crippen molar-refractivity contribution in [2.24, 2.45) is 0 Å². The first kappa shape index (κ1) is 14.7. The third-order valence-electron chi connectivity index (χ3n) is 2.79. The predicted octanol–water partition coefficient (Wildman–Crippen LogP) is -0.876. The van der Waals surface area contributed by atoms with Gasteiger partial charge in [0.2, 0.25) is 5.95 Å². The third kappa shape index (κ3) is 3.12. The van der Waals surface area contributed by atoms with E-state index in [0.717, 1.165) is 24.2 Å². The molecule has 18 heavy (non-hydrogen) atoms. The molecule has 0 unspecified atom stereocenters. The van der Waals surface area contributed by atoms with Crippen molar-refractivity contribution in [3.05, 3.63) is 11.4 Å². The third-order valence-corrected chi connectivity index (χ3v) is 2.79. The number of aryl methyl sites for hydroxylation is 2. The van der Waals surface area contributed by atoms with Gasteiger partial charge in [-0.25, -0.2) is 4.98 Å². The summed E-state index contributed by atoms with van der Waals surface area (Å²) in [5, 5.41) is 38.3. The van der Waals surface area contributed by atoms with Gasteiger partial charge in [-0.2, -0.15) is 5.10 Å². The van der Waals surface area contributed by atoms with E-state index in [9.17, 15) is 15.3 Å². The van der Waals surface area contributed by atoms with Crippen LogP contribution >= 0.6 is 0 Å². The van der Waals surface area contributed by atoms with Crippen LogP contribution in [0.1, 0.15) is 25.2 Å². The monoisotopic (exact) mass is 256 g/mol. The van der Waals surface area contributed by atoms with Crippen molar-refractivity contribution in [2.75, 3.05) is 25.1 Å². The highest BCUT2D eigenvalue weighted by Gasteiger charge is 2.29. The fraction of sp³-hybridized carbons (Fsp3) is 0.727. The molecule has 0 spiro atoms. The van der Waals surface area contributed by atoms with E-state index in [1.165, 1.54) is 0 Å². The van der Waals surface area contributed by atoms with Gasteiger partial charge >= 0.3 is 0 Å². The molecular formula is C11H20N4O3. The molecule has 0 bridgehead atoms. The van der Waals surface area contributed by atoms with E-state index >= 15 is 0 Å². The molecule has 1 rings (SSSR count). The van der Waals surface area contributed by atoms with Crippen molar-refractivity contribution in [1.29, 1.82) is 0 Å². The van der Waals surface area contributed by atoms with Crippen LogP contribution in [0, 0.1) is 0 Å². The van der Waals surface area contributed by atoms with E-state index in [4.69, 9.17) is 0 Å². The maximum Gasteiger partial charge on any atom is 0.243 e. The summed E-state index contributed by atoms with van der Waals surface area (Å²) in [5.74, 6) is 0.196. The molecule has 0 atom stereocenters. The van der Waals surface area contributed by atoms with Gasteiger partial charge in [0.1, 0.15) is 5.54 Å². The van der Waals surface area contributed by atoms with Crippen molar-refractivity contribution < 1.29 is 15.3 Å². The molecule has 0 aliphatic carbocycles. The number of rotatable bonds is 7. The first-order chi connectivity index (χ1) is 8.64. The normalized spacial score (nSPS) is 11.6. The Kier molecular flexibility index (Phi) is 5.39. The van der Waals surface area contributed by atoms with Crippen LogP contribution in [0.3, 0.4) is 0 Å². The minimum absolute atomic E-state index is 0.196. The molecule has 0 saturated carbocycles. The second kappa shape index (κ2) is 6.58. The summed E-state index contributed by atoms with van der Waals surface area (Å²) in [4.78, 5) is 4.27. The summed E-state index contributed by atoms with van der Waals surface area (Å²) in [6.07, 6.45) is 1.46. The molecule has 7 nitrogen and oxygen atoms in total. The van der Waals surface area contributed by atoms with Gasteiger partial charge in [-0.05, 0) is 12.8 Å². The standard InChI is InChI=1S/C11H20N4O3/c1-3-8-9(4-2)14-15-10(12-8)13-11(5-16,6-17)7-18/h16-18H,3-7H2,1-2H3,(H,12,13,15). The summed E-state index contributed by atoms with van der Waals surface area (Å²) in [7, 11) is 0. The largest absolute Gasteiger partial charge is 0.394 e. The molecule has 1 heterocycles. The van der Waals surface area contributed by atoms with E-state index in [2.05, 4.69) is 20.5 Å². The fourth-order valence-electron chi connectivity index (χ4n) is 1.50. The number of aliphatic hydroxyl groups is 3. The lowest BCUT2D eigenvalue weighted by molar-refractivity contribution is 0.0827. The average Bonchev–Trinajstić information content (AvgIpc) is 2.44. The Morgan fingerprint density at radius 1 is 0.944 bits per heavy atom. The molecule has 1 aromatic rings. The van der Waals surface area contributed by atoms with Gasteiger partial charge in [0, 0.05) is 0 Å². The molecule has 0 amide bonds. The number of aromatic nitrogens is 3. The topological polar surface area (TPSA) is 111 Å². The lowest BCUT2D eigenvalue weighted by atomic mass is 10.0. The number of anilines is 1. The van der Waals surface area contributed by atoms with Crippen molar-refractivity contribution >= 4 is 5.95 Å². The van der Waals surface area contributed by atoms with Crippen LogP contribution < -0.4 is 5.32 Å². The minimum atomic E-state index is -1.24. The molecule has 0 aliphatic heterocycles. The Hall–Kier alpha value is -1.31. The minimum Gasteiger partial charge on any atom is -0.394 e. The SMILES string of the molecule is CCc1nnc(NC(CO)(CO)CO)nc1CC. The number of nitrogens with one attached hydrogen (secondary N) is 1. The fourth-order valence-corrected chi connectivity index (χ4v) is 1.50. The van der Waals surface area contributed by atoms with Crippen LogP contribution in [-0.2, 0) is 12.8 Å². The number of hydrogen-bond acceptors (Lipinski definition) is 7. The molecule has 1 aromatic heterocycles. The molecule has 7 heteroatoms. The van der Waals surface area contributed by atoms with Gasteiger partial charge in [0.25, 0.3) is 0 Å². The average molecular weight is 256 g/mol. The van der Waals surface area contributed by atoms with Gasteiger partial charge in [0.05, 0.1) is 31.2 Å². The highest BCUT2D eigenvalue weighted by atomic mass is 16.3. The second-order valence-electron chi connectivity index (χ2n) is 4.12. The van der Waals surface area contributed by atoms with E-state index in [0.29, 0.717) is 0 Å². The summed E-state index contributed by atoms with van der Waals surface area (Å²) >= 11 is 0. The molecule has 0 radical (unpaired) electrons. The maximum absolute atomic E-state index is 9.21. The molecule has 0 saturated heterocycles. The molecule has 102 valence electrons. The lowest BCUT2D eigenvalue weighted by Crippen LogP contribution is -2.49. The Morgan fingerprint density at radius 3 is 1.94 bits per heavy atom. The molecule has 0 aliphatic rings.